The van der Waals surface area contributed by atoms with Crippen molar-refractivity contribution in [2.24, 2.45) is 0 Å². The Balaban J connectivity index is 2.37. The number of rotatable bonds is 10. The lowest BCUT2D eigenvalue weighted by molar-refractivity contribution is 0.0679. The minimum atomic E-state index is -0.135. The SMILES string of the molecule is CCCCC1(CCCC)Oc2cccc(C)c2C=C1CCOCC. The van der Waals surface area contributed by atoms with Crippen molar-refractivity contribution in [3.63, 3.8) is 0 Å². The van der Waals surface area contributed by atoms with Crippen LogP contribution in [0.4, 0.5) is 0 Å². The van der Waals surface area contributed by atoms with E-state index in [4.69, 9.17) is 9.47 Å². The Morgan fingerprint density at radius 1 is 1.04 bits per heavy atom. The van der Waals surface area contributed by atoms with Gasteiger partial charge in [-0.1, -0.05) is 38.8 Å². The molecule has 0 N–H and O–H groups in total. The van der Waals surface area contributed by atoms with Gasteiger partial charge >= 0.3 is 0 Å². The van der Waals surface area contributed by atoms with Crippen LogP contribution in [0.15, 0.2) is 23.8 Å². The Morgan fingerprint density at radius 2 is 1.75 bits per heavy atom. The molecule has 1 heterocycles. The Morgan fingerprint density at radius 3 is 2.38 bits per heavy atom. The van der Waals surface area contributed by atoms with E-state index in [1.54, 1.807) is 0 Å². The molecule has 0 aromatic heterocycles. The lowest BCUT2D eigenvalue weighted by Gasteiger charge is -2.41. The average molecular weight is 331 g/mol. The number of hydrogen-bond acceptors (Lipinski definition) is 2. The minimum Gasteiger partial charge on any atom is -0.482 e. The molecule has 0 aliphatic carbocycles. The third-order valence-electron chi connectivity index (χ3n) is 5.08. The molecule has 0 amide bonds. The van der Waals surface area contributed by atoms with E-state index in [0.29, 0.717) is 0 Å². The molecule has 0 radical (unpaired) electrons. The summed E-state index contributed by atoms with van der Waals surface area (Å²) in [6.07, 6.45) is 10.4. The van der Waals surface area contributed by atoms with Crippen molar-refractivity contribution in [1.29, 1.82) is 0 Å². The fraction of sp³-hybridized carbons (Fsp3) is 0.636. The van der Waals surface area contributed by atoms with E-state index in [-0.39, 0.29) is 5.60 Å². The normalized spacial score (nSPS) is 15.6. The lowest BCUT2D eigenvalue weighted by Crippen LogP contribution is -2.41. The summed E-state index contributed by atoms with van der Waals surface area (Å²) in [7, 11) is 0. The fourth-order valence-corrected chi connectivity index (χ4v) is 3.61. The van der Waals surface area contributed by atoms with E-state index in [0.717, 1.165) is 38.2 Å². The molecule has 0 saturated heterocycles. The zero-order chi connectivity index (χ0) is 17.4. The predicted molar refractivity (Wildman–Crippen MR) is 103 cm³/mol. The van der Waals surface area contributed by atoms with Crippen molar-refractivity contribution in [2.75, 3.05) is 13.2 Å². The summed E-state index contributed by atoms with van der Waals surface area (Å²) in [5.74, 6) is 1.06. The van der Waals surface area contributed by atoms with Gasteiger partial charge < -0.3 is 9.47 Å². The molecule has 0 fully saturated rings. The van der Waals surface area contributed by atoms with Gasteiger partial charge in [0.2, 0.25) is 0 Å². The summed E-state index contributed by atoms with van der Waals surface area (Å²) in [4.78, 5) is 0. The highest BCUT2D eigenvalue weighted by atomic mass is 16.5. The first-order chi connectivity index (χ1) is 11.7. The summed E-state index contributed by atoms with van der Waals surface area (Å²) in [5.41, 5.74) is 3.84. The van der Waals surface area contributed by atoms with E-state index in [2.05, 4.69) is 52.0 Å². The second kappa shape index (κ2) is 9.27. The second-order valence-electron chi connectivity index (χ2n) is 6.91. The lowest BCUT2D eigenvalue weighted by atomic mass is 9.79. The van der Waals surface area contributed by atoms with E-state index in [9.17, 15) is 0 Å². The third kappa shape index (κ3) is 4.42. The Bertz CT molecular complexity index is 537. The molecule has 1 aromatic carbocycles. The molecule has 0 spiro atoms. The summed E-state index contributed by atoms with van der Waals surface area (Å²) >= 11 is 0. The Hall–Kier alpha value is -1.28. The van der Waals surface area contributed by atoms with Gasteiger partial charge in [0.1, 0.15) is 11.4 Å². The number of benzene rings is 1. The smallest absolute Gasteiger partial charge is 0.130 e. The van der Waals surface area contributed by atoms with Crippen LogP contribution in [0, 0.1) is 6.92 Å². The highest BCUT2D eigenvalue weighted by Gasteiger charge is 2.38. The zero-order valence-corrected chi connectivity index (χ0v) is 16.0. The third-order valence-corrected chi connectivity index (χ3v) is 5.08. The molecular weight excluding hydrogens is 296 g/mol. The first-order valence-corrected chi connectivity index (χ1v) is 9.74. The number of aryl methyl sites for hydroxylation is 1. The summed E-state index contributed by atoms with van der Waals surface area (Å²) < 4.78 is 12.4. The molecular formula is C22H34O2. The van der Waals surface area contributed by atoms with Crippen molar-refractivity contribution < 1.29 is 9.47 Å². The van der Waals surface area contributed by atoms with E-state index < -0.39 is 0 Å². The predicted octanol–water partition coefficient (Wildman–Crippen LogP) is 6.32. The Labute approximate surface area is 148 Å². The van der Waals surface area contributed by atoms with Crippen molar-refractivity contribution in [3.05, 3.63) is 34.9 Å². The van der Waals surface area contributed by atoms with Crippen molar-refractivity contribution in [1.82, 2.24) is 0 Å². The molecule has 24 heavy (non-hydrogen) atoms. The van der Waals surface area contributed by atoms with Crippen LogP contribution in [0.1, 0.15) is 76.8 Å². The maximum Gasteiger partial charge on any atom is 0.130 e. The molecule has 0 bridgehead atoms. The number of ether oxygens (including phenoxy) is 2. The molecule has 1 aliphatic rings. The van der Waals surface area contributed by atoms with Crippen molar-refractivity contribution in [3.8, 4) is 5.75 Å². The summed E-state index contributed by atoms with van der Waals surface area (Å²) in [6.45, 7) is 10.3. The minimum absolute atomic E-state index is 0.135. The monoisotopic (exact) mass is 330 g/mol. The van der Waals surface area contributed by atoms with E-state index >= 15 is 0 Å². The van der Waals surface area contributed by atoms with Gasteiger partial charge in [-0.15, -0.1) is 0 Å². The molecule has 0 saturated carbocycles. The van der Waals surface area contributed by atoms with Crippen LogP contribution in [0.2, 0.25) is 0 Å². The fourth-order valence-electron chi connectivity index (χ4n) is 3.61. The van der Waals surface area contributed by atoms with Gasteiger partial charge in [0.15, 0.2) is 0 Å². The van der Waals surface area contributed by atoms with Crippen molar-refractivity contribution >= 4 is 6.08 Å². The van der Waals surface area contributed by atoms with Gasteiger partial charge in [0, 0.05) is 12.2 Å². The second-order valence-corrected chi connectivity index (χ2v) is 6.91. The van der Waals surface area contributed by atoms with Gasteiger partial charge in [-0.2, -0.15) is 0 Å². The maximum absolute atomic E-state index is 6.72. The highest BCUT2D eigenvalue weighted by Crippen LogP contribution is 2.43. The van der Waals surface area contributed by atoms with Crippen LogP contribution >= 0.6 is 0 Å². The van der Waals surface area contributed by atoms with E-state index in [1.165, 1.54) is 42.4 Å². The molecule has 134 valence electrons. The van der Waals surface area contributed by atoms with Crippen molar-refractivity contribution in [2.45, 2.75) is 78.2 Å². The topological polar surface area (TPSA) is 18.5 Å². The first-order valence-electron chi connectivity index (χ1n) is 9.74. The van der Waals surface area contributed by atoms with Gasteiger partial charge in [0.25, 0.3) is 0 Å². The maximum atomic E-state index is 6.72. The number of unbranched alkanes of at least 4 members (excludes halogenated alkanes) is 2. The summed E-state index contributed by atoms with van der Waals surface area (Å²) in [5, 5.41) is 0. The zero-order valence-electron chi connectivity index (χ0n) is 16.0. The van der Waals surface area contributed by atoms with Gasteiger partial charge in [-0.25, -0.2) is 0 Å². The first kappa shape index (κ1) is 19.1. The van der Waals surface area contributed by atoms with Gasteiger partial charge in [-0.05, 0) is 69.2 Å². The molecule has 0 unspecified atom stereocenters. The Kier molecular flexibility index (Phi) is 7.36. The highest BCUT2D eigenvalue weighted by molar-refractivity contribution is 5.67. The molecule has 2 nitrogen and oxygen atoms in total. The quantitative estimate of drug-likeness (QED) is 0.468. The molecule has 1 aromatic rings. The molecule has 2 heteroatoms. The standard InChI is InChI=1S/C22H34O2/c1-5-8-14-22(15-9-6-2)19(13-16-23-7-3)17-20-18(4)11-10-12-21(20)24-22/h10-12,17H,5-9,13-16H2,1-4H3. The number of hydrogen-bond donors (Lipinski definition) is 0. The largest absolute Gasteiger partial charge is 0.482 e. The average Bonchev–Trinajstić information content (AvgIpc) is 2.59. The van der Waals surface area contributed by atoms with Gasteiger partial charge in [0.05, 0.1) is 6.61 Å². The summed E-state index contributed by atoms with van der Waals surface area (Å²) in [6, 6.07) is 6.41. The van der Waals surface area contributed by atoms with Crippen LogP contribution in [0.5, 0.6) is 5.75 Å². The molecule has 0 atom stereocenters. The number of fused-ring (bicyclic) bond motifs is 1. The van der Waals surface area contributed by atoms with Crippen LogP contribution in [0.3, 0.4) is 0 Å². The van der Waals surface area contributed by atoms with Crippen LogP contribution < -0.4 is 4.74 Å². The van der Waals surface area contributed by atoms with E-state index in [1.807, 2.05) is 0 Å². The van der Waals surface area contributed by atoms with Gasteiger partial charge in [-0.3, -0.25) is 0 Å². The van der Waals surface area contributed by atoms with Crippen LogP contribution in [-0.4, -0.2) is 18.8 Å². The molecule has 2 rings (SSSR count). The molecule has 1 aliphatic heterocycles. The van der Waals surface area contributed by atoms with Crippen LogP contribution in [-0.2, 0) is 4.74 Å². The van der Waals surface area contributed by atoms with Crippen LogP contribution in [0.25, 0.3) is 6.08 Å².